The highest BCUT2D eigenvalue weighted by molar-refractivity contribution is 6.31. The van der Waals surface area contributed by atoms with Crippen LogP contribution in [0.15, 0.2) is 54.9 Å². The molecule has 1 amide bonds. The Balaban J connectivity index is 1.76. The molecule has 4 rings (SSSR count). The van der Waals surface area contributed by atoms with Crippen LogP contribution in [0.5, 0.6) is 0 Å². The average molecular weight is 461 g/mol. The summed E-state index contributed by atoms with van der Waals surface area (Å²) in [4.78, 5) is 19.9. The van der Waals surface area contributed by atoms with Gasteiger partial charge in [0.25, 0.3) is 0 Å². The molecule has 0 fully saturated rings. The predicted octanol–water partition coefficient (Wildman–Crippen LogP) is 5.91. The van der Waals surface area contributed by atoms with Crippen molar-refractivity contribution in [2.24, 2.45) is 0 Å². The summed E-state index contributed by atoms with van der Waals surface area (Å²) in [6.45, 7) is 1.69. The van der Waals surface area contributed by atoms with Gasteiger partial charge in [0, 0.05) is 34.4 Å². The summed E-state index contributed by atoms with van der Waals surface area (Å²) in [7, 11) is 0. The van der Waals surface area contributed by atoms with Gasteiger partial charge in [-0.3, -0.25) is 4.79 Å². The van der Waals surface area contributed by atoms with Crippen molar-refractivity contribution in [3.05, 3.63) is 59.9 Å². The van der Waals surface area contributed by atoms with Gasteiger partial charge in [0.1, 0.15) is 17.7 Å². The Morgan fingerprint density at radius 1 is 1.12 bits per heavy atom. The van der Waals surface area contributed by atoms with E-state index >= 15 is 0 Å². The monoisotopic (exact) mass is 460 g/mol. The summed E-state index contributed by atoms with van der Waals surface area (Å²) < 4.78 is 37.7. The Bertz CT molecular complexity index is 1310. The zero-order chi connectivity index (χ0) is 23.1. The zero-order valence-electron chi connectivity index (χ0n) is 17.3. The van der Waals surface area contributed by atoms with Crippen molar-refractivity contribution in [1.29, 1.82) is 0 Å². The van der Waals surface area contributed by atoms with Crippen LogP contribution in [0, 0.1) is 0 Å². The van der Waals surface area contributed by atoms with Gasteiger partial charge in [-0.1, -0.05) is 35.9 Å². The van der Waals surface area contributed by atoms with Crippen molar-refractivity contribution in [2.45, 2.75) is 25.6 Å². The number of nitrogens with zero attached hydrogens (tertiary/aromatic N) is 1. The standard InChI is InChI=1S/C23H20ClF3N4O/c1-22(2,21(32)30-12-23(25,26)27)31-19-8-14(7-13-5-3-4-6-16(13)19)18-11-29-20-17(18)9-15(24)10-28-20/h3-11,31H,12H2,1-2H3,(H,28,29)(H,30,32). The maximum absolute atomic E-state index is 12.6. The quantitative estimate of drug-likeness (QED) is 0.347. The molecule has 2 aromatic heterocycles. The largest absolute Gasteiger partial charge is 0.405 e. The van der Waals surface area contributed by atoms with Crippen molar-refractivity contribution >= 4 is 45.0 Å². The summed E-state index contributed by atoms with van der Waals surface area (Å²) in [5.41, 5.74) is 1.71. The average Bonchev–Trinajstić information content (AvgIpc) is 3.14. The van der Waals surface area contributed by atoms with E-state index in [1.165, 1.54) is 13.8 Å². The maximum Gasteiger partial charge on any atom is 0.405 e. The lowest BCUT2D eigenvalue weighted by Gasteiger charge is -2.28. The minimum atomic E-state index is -4.48. The topological polar surface area (TPSA) is 69.8 Å². The van der Waals surface area contributed by atoms with E-state index in [1.807, 2.05) is 54.0 Å². The lowest BCUT2D eigenvalue weighted by atomic mass is 9.97. The molecule has 3 N–H and O–H groups in total. The van der Waals surface area contributed by atoms with Gasteiger partial charge >= 0.3 is 6.18 Å². The summed E-state index contributed by atoms with van der Waals surface area (Å²) in [6, 6.07) is 13.3. The first-order valence-corrected chi connectivity index (χ1v) is 10.2. The molecule has 2 heterocycles. The van der Waals surface area contributed by atoms with E-state index in [9.17, 15) is 18.0 Å². The molecule has 0 saturated heterocycles. The number of benzene rings is 2. The van der Waals surface area contributed by atoms with E-state index in [0.29, 0.717) is 16.4 Å². The number of aromatic amines is 1. The number of rotatable bonds is 5. The van der Waals surface area contributed by atoms with Crippen molar-refractivity contribution in [3.63, 3.8) is 0 Å². The molecule has 2 aromatic carbocycles. The second-order valence-electron chi connectivity index (χ2n) is 8.04. The molecule has 5 nitrogen and oxygen atoms in total. The van der Waals surface area contributed by atoms with Crippen molar-refractivity contribution < 1.29 is 18.0 Å². The molecule has 0 aliphatic heterocycles. The third-order valence-corrected chi connectivity index (χ3v) is 5.34. The van der Waals surface area contributed by atoms with Gasteiger partial charge in [0.05, 0.1) is 5.02 Å². The third kappa shape index (κ3) is 4.50. The predicted molar refractivity (Wildman–Crippen MR) is 121 cm³/mol. The lowest BCUT2D eigenvalue weighted by molar-refractivity contribution is -0.140. The molecule has 0 spiro atoms. The number of pyridine rings is 1. The highest BCUT2D eigenvalue weighted by atomic mass is 35.5. The fourth-order valence-electron chi connectivity index (χ4n) is 3.58. The number of anilines is 1. The van der Waals surface area contributed by atoms with Crippen LogP contribution in [0.4, 0.5) is 18.9 Å². The third-order valence-electron chi connectivity index (χ3n) is 5.13. The number of carbonyl (C=O) groups excluding carboxylic acids is 1. The summed E-state index contributed by atoms with van der Waals surface area (Å²) >= 11 is 6.13. The molecule has 0 saturated carbocycles. The number of hydrogen-bond acceptors (Lipinski definition) is 3. The molecule has 0 atom stereocenters. The second kappa shape index (κ2) is 8.02. The molecule has 32 heavy (non-hydrogen) atoms. The Labute approximate surface area is 187 Å². The lowest BCUT2D eigenvalue weighted by Crippen LogP contribution is -2.50. The fraction of sp³-hybridized carbons (Fsp3) is 0.217. The molecule has 9 heteroatoms. The first-order valence-electron chi connectivity index (χ1n) is 9.82. The zero-order valence-corrected chi connectivity index (χ0v) is 18.0. The molecule has 0 radical (unpaired) electrons. The van der Waals surface area contributed by atoms with E-state index in [0.717, 1.165) is 27.3 Å². The Morgan fingerprint density at radius 3 is 2.62 bits per heavy atom. The molecule has 0 bridgehead atoms. The molecule has 0 aliphatic carbocycles. The number of carbonyl (C=O) groups is 1. The summed E-state index contributed by atoms with van der Waals surface area (Å²) in [6.07, 6.45) is -1.11. The smallest absolute Gasteiger partial charge is 0.371 e. The van der Waals surface area contributed by atoms with Crippen LogP contribution in [-0.2, 0) is 4.79 Å². The van der Waals surface area contributed by atoms with E-state index < -0.39 is 24.2 Å². The molecule has 0 unspecified atom stereocenters. The Kier molecular flexibility index (Phi) is 5.50. The van der Waals surface area contributed by atoms with Crippen molar-refractivity contribution in [1.82, 2.24) is 15.3 Å². The molecule has 166 valence electrons. The first kappa shape index (κ1) is 22.0. The highest BCUT2D eigenvalue weighted by Crippen LogP contribution is 2.36. The minimum Gasteiger partial charge on any atom is -0.371 e. The van der Waals surface area contributed by atoms with Crippen LogP contribution in [0.1, 0.15) is 13.8 Å². The number of nitrogens with one attached hydrogen (secondary N) is 3. The number of H-pyrrole nitrogens is 1. The maximum atomic E-state index is 12.6. The van der Waals surface area contributed by atoms with Gasteiger partial charge in [-0.2, -0.15) is 13.2 Å². The molecular formula is C23H20ClF3N4O. The van der Waals surface area contributed by atoms with Crippen LogP contribution >= 0.6 is 11.6 Å². The Morgan fingerprint density at radius 2 is 1.88 bits per heavy atom. The van der Waals surface area contributed by atoms with E-state index in [2.05, 4.69) is 15.3 Å². The summed E-state index contributed by atoms with van der Waals surface area (Å²) in [5.74, 6) is -0.757. The minimum absolute atomic E-state index is 0.500. The van der Waals surface area contributed by atoms with Crippen LogP contribution in [-0.4, -0.2) is 34.1 Å². The van der Waals surface area contributed by atoms with Crippen LogP contribution < -0.4 is 10.6 Å². The van der Waals surface area contributed by atoms with E-state index in [1.54, 1.807) is 6.20 Å². The van der Waals surface area contributed by atoms with E-state index in [-0.39, 0.29) is 0 Å². The van der Waals surface area contributed by atoms with Crippen molar-refractivity contribution in [3.8, 4) is 11.1 Å². The number of amides is 1. The van der Waals surface area contributed by atoms with Crippen LogP contribution in [0.2, 0.25) is 5.02 Å². The van der Waals surface area contributed by atoms with E-state index in [4.69, 9.17) is 11.6 Å². The SMILES string of the molecule is CC(C)(Nc1cc(-c2c[nH]c3ncc(Cl)cc23)cc2ccccc12)C(=O)NCC(F)(F)F. The fourth-order valence-corrected chi connectivity index (χ4v) is 3.74. The summed E-state index contributed by atoms with van der Waals surface area (Å²) in [5, 5.41) is 8.15. The number of fused-ring (bicyclic) bond motifs is 2. The van der Waals surface area contributed by atoms with Gasteiger partial charge in [0.15, 0.2) is 0 Å². The number of aromatic nitrogens is 2. The number of alkyl halides is 3. The highest BCUT2D eigenvalue weighted by Gasteiger charge is 2.33. The van der Waals surface area contributed by atoms with Gasteiger partial charge in [-0.15, -0.1) is 0 Å². The molecular weight excluding hydrogens is 441 g/mol. The van der Waals surface area contributed by atoms with Crippen molar-refractivity contribution in [2.75, 3.05) is 11.9 Å². The number of hydrogen-bond donors (Lipinski definition) is 3. The van der Waals surface area contributed by atoms with Gasteiger partial charge < -0.3 is 15.6 Å². The molecule has 4 aromatic rings. The van der Waals surface area contributed by atoms with Gasteiger partial charge in [-0.05, 0) is 43.0 Å². The Hall–Kier alpha value is -3.26. The van der Waals surface area contributed by atoms with Crippen LogP contribution in [0.25, 0.3) is 32.9 Å². The second-order valence-corrected chi connectivity index (χ2v) is 8.48. The van der Waals surface area contributed by atoms with Gasteiger partial charge in [0.2, 0.25) is 5.91 Å². The first-order chi connectivity index (χ1) is 15.0. The number of halogens is 4. The normalized spacial score (nSPS) is 12.3. The van der Waals surface area contributed by atoms with Gasteiger partial charge in [-0.25, -0.2) is 4.98 Å². The molecule has 0 aliphatic rings. The van der Waals surface area contributed by atoms with Crippen LogP contribution in [0.3, 0.4) is 0 Å².